The lowest BCUT2D eigenvalue weighted by molar-refractivity contribution is -0.126. The van der Waals surface area contributed by atoms with Crippen molar-refractivity contribution in [3.8, 4) is 0 Å². The maximum atomic E-state index is 12.9. The van der Waals surface area contributed by atoms with E-state index in [4.69, 9.17) is 11.6 Å². The molecule has 1 aromatic heterocycles. The summed E-state index contributed by atoms with van der Waals surface area (Å²) >= 11 is 7.21. The van der Waals surface area contributed by atoms with Gasteiger partial charge in [-0.15, -0.1) is 11.3 Å². The van der Waals surface area contributed by atoms with E-state index in [1.807, 2.05) is 0 Å². The Morgan fingerprint density at radius 3 is 2.59 bits per heavy atom. The Morgan fingerprint density at radius 1 is 1.12 bits per heavy atom. The van der Waals surface area contributed by atoms with Crippen molar-refractivity contribution < 1.29 is 18.0 Å². The molecule has 2 aliphatic heterocycles. The van der Waals surface area contributed by atoms with Crippen molar-refractivity contribution >= 4 is 50.5 Å². The summed E-state index contributed by atoms with van der Waals surface area (Å²) in [7, 11) is -3.49. The number of nitrogens with one attached hydrogen (secondary N) is 1. The molecule has 1 aromatic carbocycles. The maximum Gasteiger partial charge on any atom is 0.252 e. The first-order chi connectivity index (χ1) is 15.3. The molecule has 0 radical (unpaired) electrons. The third kappa shape index (κ3) is 5.17. The van der Waals surface area contributed by atoms with Crippen molar-refractivity contribution in [3.63, 3.8) is 0 Å². The second kappa shape index (κ2) is 9.91. The number of anilines is 1. The second-order valence-electron chi connectivity index (χ2n) is 8.14. The van der Waals surface area contributed by atoms with E-state index in [0.717, 1.165) is 30.6 Å². The number of thiophene rings is 1. The molecule has 4 rings (SSSR count). The fourth-order valence-electron chi connectivity index (χ4n) is 4.10. The largest absolute Gasteiger partial charge is 0.351 e. The number of amides is 2. The first-order valence-electron chi connectivity index (χ1n) is 10.8. The number of hydrogen-bond acceptors (Lipinski definition) is 5. The zero-order valence-electron chi connectivity index (χ0n) is 17.6. The van der Waals surface area contributed by atoms with Crippen molar-refractivity contribution in [2.75, 3.05) is 24.5 Å². The van der Waals surface area contributed by atoms with Crippen LogP contribution in [-0.2, 0) is 26.2 Å². The van der Waals surface area contributed by atoms with Gasteiger partial charge in [0.1, 0.15) is 4.21 Å². The van der Waals surface area contributed by atoms with Gasteiger partial charge in [0.2, 0.25) is 11.8 Å². The summed E-state index contributed by atoms with van der Waals surface area (Å²) in [5.74, 6) is -0.788. The SMILES string of the molecule is O=C(NCc1ccc(S(=O)(=O)N2CCCCCC2)s1)[C@@H]1CC(=O)N(c2cccc(Cl)c2)C1. The van der Waals surface area contributed by atoms with E-state index < -0.39 is 15.9 Å². The van der Waals surface area contributed by atoms with Crippen LogP contribution in [0.15, 0.2) is 40.6 Å². The molecular formula is C22H26ClN3O4S2. The quantitative estimate of drug-likeness (QED) is 0.662. The Bertz CT molecular complexity index is 1090. The van der Waals surface area contributed by atoms with Gasteiger partial charge in [-0.2, -0.15) is 4.31 Å². The number of benzene rings is 1. The number of halogens is 1. The molecule has 2 amide bonds. The fraction of sp³-hybridized carbons (Fsp3) is 0.455. The van der Waals surface area contributed by atoms with Crippen LogP contribution in [0.3, 0.4) is 0 Å². The van der Waals surface area contributed by atoms with Crippen molar-refractivity contribution in [2.45, 2.75) is 42.9 Å². The van der Waals surface area contributed by atoms with Crippen molar-refractivity contribution in [2.24, 2.45) is 5.92 Å². The van der Waals surface area contributed by atoms with Crippen molar-refractivity contribution in [1.82, 2.24) is 9.62 Å². The minimum Gasteiger partial charge on any atom is -0.351 e. The number of carbonyl (C=O) groups is 2. The Hall–Kier alpha value is -1.94. The highest BCUT2D eigenvalue weighted by Crippen LogP contribution is 2.29. The summed E-state index contributed by atoms with van der Waals surface area (Å²) in [6.07, 6.45) is 4.04. The van der Waals surface area contributed by atoms with Crippen LogP contribution >= 0.6 is 22.9 Å². The minimum absolute atomic E-state index is 0.116. The van der Waals surface area contributed by atoms with E-state index >= 15 is 0 Å². The summed E-state index contributed by atoms with van der Waals surface area (Å²) < 4.78 is 27.7. The molecule has 3 heterocycles. The first-order valence-corrected chi connectivity index (χ1v) is 13.4. The molecule has 0 spiro atoms. The summed E-state index contributed by atoms with van der Waals surface area (Å²) in [6, 6.07) is 10.4. The topological polar surface area (TPSA) is 86.8 Å². The minimum atomic E-state index is -3.49. The zero-order valence-corrected chi connectivity index (χ0v) is 20.0. The average molecular weight is 496 g/mol. The summed E-state index contributed by atoms with van der Waals surface area (Å²) in [4.78, 5) is 27.4. The molecule has 10 heteroatoms. The van der Waals surface area contributed by atoms with Crippen LogP contribution in [0.1, 0.15) is 37.0 Å². The predicted molar refractivity (Wildman–Crippen MR) is 125 cm³/mol. The van der Waals surface area contributed by atoms with E-state index in [2.05, 4.69) is 5.32 Å². The van der Waals surface area contributed by atoms with Crippen LogP contribution in [0.2, 0.25) is 5.02 Å². The standard InChI is InChI=1S/C22H26ClN3O4S2/c23-17-6-5-7-18(13-17)26-15-16(12-20(26)27)22(28)24-14-19-8-9-21(31-19)32(29,30)25-10-3-1-2-4-11-25/h5-9,13,16H,1-4,10-12,14-15H2,(H,24,28)/t16-/m1/s1. The predicted octanol–water partition coefficient (Wildman–Crippen LogP) is 3.64. The molecule has 1 N–H and O–H groups in total. The fourth-order valence-corrected chi connectivity index (χ4v) is 7.25. The second-order valence-corrected chi connectivity index (χ2v) is 11.9. The van der Waals surface area contributed by atoms with Crippen molar-refractivity contribution in [3.05, 3.63) is 46.3 Å². The third-order valence-electron chi connectivity index (χ3n) is 5.85. The monoisotopic (exact) mass is 495 g/mol. The number of hydrogen-bond donors (Lipinski definition) is 1. The van der Waals surface area contributed by atoms with Gasteiger partial charge in [0, 0.05) is 41.6 Å². The van der Waals surface area contributed by atoms with Gasteiger partial charge in [-0.05, 0) is 43.2 Å². The molecule has 1 atom stereocenters. The normalized spacial score (nSPS) is 20.3. The lowest BCUT2D eigenvalue weighted by atomic mass is 10.1. The molecule has 0 bridgehead atoms. The highest BCUT2D eigenvalue weighted by Gasteiger charge is 2.35. The number of carbonyl (C=O) groups excluding carboxylic acids is 2. The van der Waals surface area contributed by atoms with Gasteiger partial charge in [0.05, 0.1) is 12.5 Å². The highest BCUT2D eigenvalue weighted by molar-refractivity contribution is 7.91. The molecule has 2 aliphatic rings. The summed E-state index contributed by atoms with van der Waals surface area (Å²) in [5, 5.41) is 3.39. The number of sulfonamides is 1. The van der Waals surface area contributed by atoms with E-state index in [1.165, 1.54) is 11.3 Å². The van der Waals surface area contributed by atoms with Crippen LogP contribution in [0.5, 0.6) is 0 Å². The molecule has 0 saturated carbocycles. The lowest BCUT2D eigenvalue weighted by Crippen LogP contribution is -2.32. The molecule has 172 valence electrons. The van der Waals surface area contributed by atoms with Gasteiger partial charge in [-0.3, -0.25) is 9.59 Å². The smallest absolute Gasteiger partial charge is 0.252 e. The third-order valence-corrected chi connectivity index (χ3v) is 9.54. The van der Waals surface area contributed by atoms with E-state index in [9.17, 15) is 18.0 Å². The first kappa shape index (κ1) is 23.2. The Labute approximate surface area is 197 Å². The van der Waals surface area contributed by atoms with Gasteiger partial charge in [0.25, 0.3) is 10.0 Å². The molecule has 2 aromatic rings. The van der Waals surface area contributed by atoms with Gasteiger partial charge >= 0.3 is 0 Å². The summed E-state index contributed by atoms with van der Waals surface area (Å²) in [5.41, 5.74) is 0.680. The van der Waals surface area contributed by atoms with Crippen LogP contribution < -0.4 is 10.2 Å². The van der Waals surface area contributed by atoms with Crippen LogP contribution in [0.25, 0.3) is 0 Å². The Kier molecular flexibility index (Phi) is 7.19. The highest BCUT2D eigenvalue weighted by atomic mass is 35.5. The number of nitrogens with zero attached hydrogens (tertiary/aromatic N) is 2. The molecule has 0 unspecified atom stereocenters. The summed E-state index contributed by atoms with van der Waals surface area (Å²) in [6.45, 7) is 1.65. The van der Waals surface area contributed by atoms with Crippen LogP contribution in [0, 0.1) is 5.92 Å². The van der Waals surface area contributed by atoms with Gasteiger partial charge in [-0.25, -0.2) is 8.42 Å². The molecular weight excluding hydrogens is 470 g/mol. The van der Waals surface area contributed by atoms with E-state index in [-0.39, 0.29) is 24.8 Å². The van der Waals surface area contributed by atoms with Crippen molar-refractivity contribution in [1.29, 1.82) is 0 Å². The Balaban J connectivity index is 1.35. The Morgan fingerprint density at radius 2 is 1.88 bits per heavy atom. The van der Waals surface area contributed by atoms with Gasteiger partial charge in [-0.1, -0.05) is 30.5 Å². The maximum absolute atomic E-state index is 12.9. The molecule has 2 fully saturated rings. The molecule has 2 saturated heterocycles. The lowest BCUT2D eigenvalue weighted by Gasteiger charge is -2.18. The van der Waals surface area contributed by atoms with Gasteiger partial charge < -0.3 is 10.2 Å². The van der Waals surface area contributed by atoms with Gasteiger partial charge in [0.15, 0.2) is 0 Å². The molecule has 32 heavy (non-hydrogen) atoms. The molecule has 0 aliphatic carbocycles. The number of rotatable bonds is 6. The average Bonchev–Trinajstić information content (AvgIpc) is 3.30. The zero-order chi connectivity index (χ0) is 22.7. The van der Waals surface area contributed by atoms with Crippen LogP contribution in [0.4, 0.5) is 5.69 Å². The van der Waals surface area contributed by atoms with E-state index in [0.29, 0.717) is 34.6 Å². The van der Waals surface area contributed by atoms with Crippen LogP contribution in [-0.4, -0.2) is 44.2 Å². The van der Waals surface area contributed by atoms with E-state index in [1.54, 1.807) is 45.6 Å². The molecule has 7 nitrogen and oxygen atoms in total.